The van der Waals surface area contributed by atoms with Crippen molar-refractivity contribution in [2.24, 2.45) is 0 Å². The van der Waals surface area contributed by atoms with Gasteiger partial charge in [0, 0.05) is 10.0 Å². The van der Waals surface area contributed by atoms with Crippen molar-refractivity contribution in [3.05, 3.63) is 32.8 Å². The Morgan fingerprint density at radius 1 is 1.32 bits per heavy atom. The smallest absolute Gasteiger partial charge is 0.258 e. The van der Waals surface area contributed by atoms with E-state index in [0.717, 1.165) is 15.9 Å². The van der Waals surface area contributed by atoms with Gasteiger partial charge in [0.05, 0.1) is 13.2 Å². The van der Waals surface area contributed by atoms with Crippen LogP contribution in [-0.4, -0.2) is 39.5 Å². The van der Waals surface area contributed by atoms with Gasteiger partial charge in [-0.25, -0.2) is 4.68 Å². The van der Waals surface area contributed by atoms with Gasteiger partial charge in [0.15, 0.2) is 18.1 Å². The van der Waals surface area contributed by atoms with Gasteiger partial charge in [0.25, 0.3) is 5.91 Å². The average molecular weight is 472 g/mol. The Kier molecular flexibility index (Phi) is 7.48. The predicted molar refractivity (Wildman–Crippen MR) is 114 cm³/mol. The fourth-order valence-corrected chi connectivity index (χ4v) is 3.12. The minimum absolute atomic E-state index is 0.0925. The van der Waals surface area contributed by atoms with E-state index in [9.17, 15) is 4.79 Å². The number of carbonyl (C=O) groups is 1. The zero-order valence-corrected chi connectivity index (χ0v) is 19.1. The van der Waals surface area contributed by atoms with Crippen molar-refractivity contribution < 1.29 is 14.3 Å². The Hall–Kier alpha value is -2.07. The molecule has 0 saturated carbocycles. The van der Waals surface area contributed by atoms with E-state index in [1.807, 2.05) is 40.7 Å². The van der Waals surface area contributed by atoms with Crippen molar-refractivity contribution in [2.75, 3.05) is 18.6 Å². The second kappa shape index (κ2) is 9.42. The van der Waals surface area contributed by atoms with Crippen LogP contribution < -0.4 is 20.2 Å². The van der Waals surface area contributed by atoms with Gasteiger partial charge in [0.1, 0.15) is 5.82 Å². The Bertz CT molecular complexity index is 888. The largest absolute Gasteiger partial charge is 0.490 e. The maximum Gasteiger partial charge on any atom is 0.258 e. The fraction of sp³-hybridized carbons (Fsp3) is 0.500. The minimum Gasteiger partial charge on any atom is -0.490 e. The molecule has 3 N–H and O–H groups in total. The summed E-state index contributed by atoms with van der Waals surface area (Å²) >= 11 is 8.75. The number of halogens is 1. The molecule has 0 bridgehead atoms. The quantitative estimate of drug-likeness (QED) is 0.510. The van der Waals surface area contributed by atoms with Crippen LogP contribution in [0.2, 0.25) is 0 Å². The number of amides is 1. The van der Waals surface area contributed by atoms with E-state index in [2.05, 4.69) is 36.9 Å². The van der Waals surface area contributed by atoms with Gasteiger partial charge in [-0.15, -0.1) is 0 Å². The number of aromatic amines is 1. The van der Waals surface area contributed by atoms with Gasteiger partial charge in [-0.05, 0) is 64.5 Å². The average Bonchev–Trinajstić information content (AvgIpc) is 2.90. The van der Waals surface area contributed by atoms with Crippen molar-refractivity contribution >= 4 is 34.1 Å². The lowest BCUT2D eigenvalue weighted by Gasteiger charge is -2.21. The van der Waals surface area contributed by atoms with E-state index < -0.39 is 0 Å². The number of aryl methyl sites for hydroxylation is 1. The molecule has 0 aliphatic rings. The Labute approximate surface area is 178 Å². The number of H-pyrrole nitrogens is 1. The lowest BCUT2D eigenvalue weighted by Crippen LogP contribution is -2.43. The van der Waals surface area contributed by atoms with E-state index in [-0.39, 0.29) is 18.1 Å². The Morgan fingerprint density at radius 2 is 2.00 bits per heavy atom. The van der Waals surface area contributed by atoms with Crippen LogP contribution in [0, 0.1) is 11.7 Å². The van der Waals surface area contributed by atoms with Crippen molar-refractivity contribution in [1.82, 2.24) is 20.2 Å². The minimum atomic E-state index is -0.314. The van der Waals surface area contributed by atoms with Gasteiger partial charge < -0.3 is 20.2 Å². The first-order chi connectivity index (χ1) is 13.1. The number of ether oxygens (including phenoxy) is 2. The first-order valence-electron chi connectivity index (χ1n) is 8.87. The molecule has 1 aromatic carbocycles. The van der Waals surface area contributed by atoms with E-state index in [4.69, 9.17) is 21.7 Å². The van der Waals surface area contributed by atoms with Crippen molar-refractivity contribution in [3.63, 3.8) is 0 Å². The van der Waals surface area contributed by atoms with Crippen LogP contribution in [-0.2, 0) is 11.3 Å². The Balaban J connectivity index is 2.14. The SMILES string of the molecule is CCOc1cc(CNn2c(C)n[nH]c2=S)c(Br)cc1OCC(=O)NC(C)(C)C. The number of benzene rings is 1. The number of hydrogen-bond acceptors (Lipinski definition) is 6. The lowest BCUT2D eigenvalue weighted by molar-refractivity contribution is -0.124. The van der Waals surface area contributed by atoms with Crippen LogP contribution >= 0.6 is 28.1 Å². The monoisotopic (exact) mass is 471 g/mol. The third-order valence-corrected chi connectivity index (χ3v) is 4.57. The molecule has 1 aromatic heterocycles. The molecule has 0 aliphatic carbocycles. The molecule has 8 nitrogen and oxygen atoms in total. The number of nitrogens with zero attached hydrogens (tertiary/aromatic N) is 2. The topological polar surface area (TPSA) is 93.2 Å². The molecule has 0 spiro atoms. The third kappa shape index (κ3) is 6.23. The zero-order chi connectivity index (χ0) is 20.9. The van der Waals surface area contributed by atoms with Crippen LogP contribution in [0.25, 0.3) is 0 Å². The highest BCUT2D eigenvalue weighted by Gasteiger charge is 2.16. The third-order valence-electron chi connectivity index (χ3n) is 3.55. The maximum atomic E-state index is 12.0. The molecule has 2 rings (SSSR count). The Morgan fingerprint density at radius 3 is 2.57 bits per heavy atom. The van der Waals surface area contributed by atoms with E-state index in [0.29, 0.717) is 29.4 Å². The fourth-order valence-electron chi connectivity index (χ4n) is 2.42. The van der Waals surface area contributed by atoms with Crippen molar-refractivity contribution in [1.29, 1.82) is 0 Å². The van der Waals surface area contributed by atoms with E-state index >= 15 is 0 Å². The lowest BCUT2D eigenvalue weighted by atomic mass is 10.1. The second-order valence-electron chi connectivity index (χ2n) is 7.16. The number of nitrogens with one attached hydrogen (secondary N) is 3. The van der Waals surface area contributed by atoms with Crippen LogP contribution in [0.15, 0.2) is 16.6 Å². The summed E-state index contributed by atoms with van der Waals surface area (Å²) in [5.74, 6) is 1.61. The van der Waals surface area contributed by atoms with Crippen LogP contribution in [0.5, 0.6) is 11.5 Å². The van der Waals surface area contributed by atoms with Gasteiger partial charge in [-0.1, -0.05) is 15.9 Å². The van der Waals surface area contributed by atoms with Gasteiger partial charge in [0.2, 0.25) is 4.77 Å². The van der Waals surface area contributed by atoms with E-state index in [1.165, 1.54) is 0 Å². The summed E-state index contributed by atoms with van der Waals surface area (Å²) in [6, 6.07) is 3.67. The summed E-state index contributed by atoms with van der Waals surface area (Å²) in [7, 11) is 0. The molecule has 0 saturated heterocycles. The standard InChI is InChI=1S/C18H26BrN5O3S/c1-6-26-14-7-12(9-20-24-11(2)22-23-17(24)28)13(19)8-15(14)27-10-16(25)21-18(3,4)5/h7-8,20H,6,9-10H2,1-5H3,(H,21,25)(H,23,28). The highest BCUT2D eigenvalue weighted by Crippen LogP contribution is 2.34. The number of rotatable bonds is 8. The summed E-state index contributed by atoms with van der Waals surface area (Å²) in [4.78, 5) is 12.0. The molecule has 0 radical (unpaired) electrons. The van der Waals surface area contributed by atoms with Gasteiger partial charge in [-0.2, -0.15) is 5.10 Å². The maximum absolute atomic E-state index is 12.0. The first kappa shape index (κ1) is 22.2. The summed E-state index contributed by atoms with van der Waals surface area (Å²) < 4.78 is 14.4. The highest BCUT2D eigenvalue weighted by molar-refractivity contribution is 9.10. The zero-order valence-electron chi connectivity index (χ0n) is 16.7. The molecule has 2 aromatic rings. The summed E-state index contributed by atoms with van der Waals surface area (Å²) in [6.07, 6.45) is 0. The van der Waals surface area contributed by atoms with Crippen molar-refractivity contribution in [2.45, 2.75) is 46.7 Å². The molecular formula is C18H26BrN5O3S. The molecule has 0 unspecified atom stereocenters. The molecule has 10 heteroatoms. The number of aromatic nitrogens is 3. The first-order valence-corrected chi connectivity index (χ1v) is 10.1. The van der Waals surface area contributed by atoms with E-state index in [1.54, 1.807) is 10.7 Å². The van der Waals surface area contributed by atoms with Gasteiger partial charge >= 0.3 is 0 Å². The van der Waals surface area contributed by atoms with Gasteiger partial charge in [-0.3, -0.25) is 9.89 Å². The normalized spacial score (nSPS) is 11.2. The molecule has 0 atom stereocenters. The van der Waals surface area contributed by atoms with Crippen LogP contribution in [0.3, 0.4) is 0 Å². The molecule has 0 aliphatic heterocycles. The predicted octanol–water partition coefficient (Wildman–Crippen LogP) is 3.45. The molecule has 0 fully saturated rings. The highest BCUT2D eigenvalue weighted by atomic mass is 79.9. The molecule has 1 heterocycles. The molecule has 28 heavy (non-hydrogen) atoms. The number of carbonyl (C=O) groups excluding carboxylic acids is 1. The van der Waals surface area contributed by atoms with Crippen LogP contribution in [0.4, 0.5) is 0 Å². The number of hydrogen-bond donors (Lipinski definition) is 3. The molecule has 154 valence electrons. The molecule has 1 amide bonds. The summed E-state index contributed by atoms with van der Waals surface area (Å²) in [6.45, 7) is 10.4. The van der Waals surface area contributed by atoms with Crippen molar-refractivity contribution in [3.8, 4) is 11.5 Å². The van der Waals surface area contributed by atoms with Crippen LogP contribution in [0.1, 0.15) is 39.1 Å². The second-order valence-corrected chi connectivity index (χ2v) is 8.40. The summed E-state index contributed by atoms with van der Waals surface area (Å²) in [5, 5.41) is 9.66. The molecular weight excluding hydrogens is 446 g/mol. The summed E-state index contributed by atoms with van der Waals surface area (Å²) in [5.41, 5.74) is 3.84.